The van der Waals surface area contributed by atoms with Crippen LogP contribution in [0.3, 0.4) is 0 Å². The van der Waals surface area contributed by atoms with Gasteiger partial charge in [0.15, 0.2) is 0 Å². The van der Waals surface area contributed by atoms with Crippen LogP contribution in [0.15, 0.2) is 81.4 Å². The molecule has 0 amide bonds. The van der Waals surface area contributed by atoms with Crippen molar-refractivity contribution in [1.29, 1.82) is 0 Å². The summed E-state index contributed by atoms with van der Waals surface area (Å²) in [5.74, 6) is 1.42. The van der Waals surface area contributed by atoms with Gasteiger partial charge in [-0.3, -0.25) is 0 Å². The maximum absolute atomic E-state index is 3.75. The summed E-state index contributed by atoms with van der Waals surface area (Å²) in [4.78, 5) is 0. The molecule has 4 aliphatic carbocycles. The van der Waals surface area contributed by atoms with Gasteiger partial charge in [-0.25, -0.2) is 0 Å². The fraction of sp³-hybridized carbons (Fsp3) is 0.462. The first-order chi connectivity index (χ1) is 12.7. The Morgan fingerprint density at radius 1 is 1.04 bits per heavy atom. The number of hydrogen-bond donors (Lipinski definition) is 0. The van der Waals surface area contributed by atoms with Gasteiger partial charge in [-0.15, -0.1) is 11.5 Å². The highest BCUT2D eigenvalue weighted by Gasteiger charge is 2.26. The van der Waals surface area contributed by atoms with Crippen molar-refractivity contribution in [3.8, 4) is 0 Å². The molecular weight excluding hydrogens is 312 g/mol. The molecule has 1 fully saturated rings. The molecule has 134 valence electrons. The molecule has 2 atom stereocenters. The molecular formula is C26H30. The molecule has 0 radical (unpaired) electrons. The molecule has 0 aliphatic heterocycles. The van der Waals surface area contributed by atoms with Crippen LogP contribution in [0.25, 0.3) is 0 Å². The molecule has 0 aromatic rings. The summed E-state index contributed by atoms with van der Waals surface area (Å²) in [6, 6.07) is 0. The van der Waals surface area contributed by atoms with Crippen LogP contribution in [0.2, 0.25) is 0 Å². The molecule has 0 N–H and O–H groups in total. The zero-order valence-electron chi connectivity index (χ0n) is 16.3. The van der Waals surface area contributed by atoms with Crippen LogP contribution in [0.1, 0.15) is 65.2 Å². The van der Waals surface area contributed by atoms with Gasteiger partial charge in [0.2, 0.25) is 0 Å². The van der Waals surface area contributed by atoms with Gasteiger partial charge >= 0.3 is 0 Å². The van der Waals surface area contributed by atoms with E-state index >= 15 is 0 Å². The van der Waals surface area contributed by atoms with Gasteiger partial charge in [-0.05, 0) is 121 Å². The molecule has 0 heterocycles. The van der Waals surface area contributed by atoms with Crippen LogP contribution in [0.4, 0.5) is 0 Å². The van der Waals surface area contributed by atoms with Crippen LogP contribution in [0.5, 0.6) is 0 Å². The highest BCUT2D eigenvalue weighted by molar-refractivity contribution is 5.59. The van der Waals surface area contributed by atoms with Gasteiger partial charge in [0.05, 0.1) is 0 Å². The normalized spacial score (nSPS) is 28.5. The van der Waals surface area contributed by atoms with E-state index < -0.39 is 0 Å². The first-order valence-electron chi connectivity index (χ1n) is 10.4. The van der Waals surface area contributed by atoms with E-state index in [9.17, 15) is 0 Å². The molecule has 0 aromatic carbocycles. The Hall–Kier alpha value is -2.00. The first-order valence-corrected chi connectivity index (χ1v) is 10.4. The molecule has 0 heteroatoms. The molecule has 0 spiro atoms. The van der Waals surface area contributed by atoms with Crippen LogP contribution in [-0.2, 0) is 0 Å². The van der Waals surface area contributed by atoms with Gasteiger partial charge in [0, 0.05) is 0 Å². The van der Waals surface area contributed by atoms with E-state index in [1.54, 1.807) is 11.1 Å². The van der Waals surface area contributed by atoms with Crippen LogP contribution in [0, 0.1) is 11.8 Å². The molecule has 4 rings (SSSR count). The molecule has 26 heavy (non-hydrogen) atoms. The lowest BCUT2D eigenvalue weighted by Crippen LogP contribution is -2.08. The van der Waals surface area contributed by atoms with Crippen LogP contribution < -0.4 is 0 Å². The predicted molar refractivity (Wildman–Crippen MR) is 111 cm³/mol. The highest BCUT2D eigenvalue weighted by atomic mass is 14.3. The summed E-state index contributed by atoms with van der Waals surface area (Å²) in [6.45, 7) is 4.86. The predicted octanol–water partition coefficient (Wildman–Crippen LogP) is 7.30. The van der Waals surface area contributed by atoms with Crippen molar-refractivity contribution in [2.75, 3.05) is 0 Å². The summed E-state index contributed by atoms with van der Waals surface area (Å²) in [5.41, 5.74) is 16.0. The Morgan fingerprint density at radius 2 is 1.96 bits per heavy atom. The Balaban J connectivity index is 1.94. The number of fused-ring (bicyclic) bond motifs is 2. The Morgan fingerprint density at radius 3 is 2.81 bits per heavy atom. The van der Waals surface area contributed by atoms with Crippen molar-refractivity contribution in [3.05, 3.63) is 81.4 Å². The van der Waals surface area contributed by atoms with Gasteiger partial charge < -0.3 is 0 Å². The van der Waals surface area contributed by atoms with Crippen molar-refractivity contribution in [2.45, 2.75) is 65.2 Å². The van der Waals surface area contributed by atoms with Crippen molar-refractivity contribution in [2.24, 2.45) is 11.8 Å². The molecule has 4 aliphatic rings. The zero-order valence-corrected chi connectivity index (χ0v) is 16.3. The maximum atomic E-state index is 3.75. The molecule has 1 saturated carbocycles. The maximum Gasteiger partial charge on any atom is -0.00192 e. The van der Waals surface area contributed by atoms with Crippen molar-refractivity contribution in [3.63, 3.8) is 0 Å². The van der Waals surface area contributed by atoms with Crippen LogP contribution >= 0.6 is 0 Å². The zero-order chi connectivity index (χ0) is 17.9. The van der Waals surface area contributed by atoms with Crippen molar-refractivity contribution < 1.29 is 0 Å². The van der Waals surface area contributed by atoms with E-state index in [-0.39, 0.29) is 0 Å². The SMILES string of the molecule is CC1CCC2=C=CC3=CC=C=CCCC3=CC(C3=CCCC3)=C2C(C)C1. The molecule has 0 bridgehead atoms. The van der Waals surface area contributed by atoms with E-state index in [2.05, 4.69) is 61.8 Å². The van der Waals surface area contributed by atoms with Gasteiger partial charge in [-0.2, -0.15) is 0 Å². The summed E-state index contributed by atoms with van der Waals surface area (Å²) >= 11 is 0. The van der Waals surface area contributed by atoms with Crippen LogP contribution in [-0.4, -0.2) is 0 Å². The van der Waals surface area contributed by atoms with Gasteiger partial charge in [0.1, 0.15) is 0 Å². The lowest BCUT2D eigenvalue weighted by molar-refractivity contribution is 0.453. The Labute approximate surface area is 158 Å². The minimum atomic E-state index is 0.621. The number of hydrogen-bond acceptors (Lipinski definition) is 0. The summed E-state index contributed by atoms with van der Waals surface area (Å²) < 4.78 is 0. The largest absolute Gasteiger partial charge is 0.125 e. The monoisotopic (exact) mass is 342 g/mol. The third kappa shape index (κ3) is 3.59. The molecule has 2 unspecified atom stereocenters. The average Bonchev–Trinajstić information content (AvgIpc) is 3.07. The second-order valence-corrected chi connectivity index (χ2v) is 8.36. The highest BCUT2D eigenvalue weighted by Crippen LogP contribution is 2.42. The van der Waals surface area contributed by atoms with E-state index in [1.807, 2.05) is 0 Å². The minimum Gasteiger partial charge on any atom is -0.125 e. The van der Waals surface area contributed by atoms with E-state index in [1.165, 1.54) is 60.8 Å². The summed E-state index contributed by atoms with van der Waals surface area (Å²) in [7, 11) is 0. The third-order valence-electron chi connectivity index (χ3n) is 6.26. The topological polar surface area (TPSA) is 0 Å². The van der Waals surface area contributed by atoms with E-state index in [0.29, 0.717) is 5.92 Å². The number of allylic oxidation sites excluding steroid dienone is 10. The Bertz CT molecular complexity index is 836. The average molecular weight is 343 g/mol. The van der Waals surface area contributed by atoms with Gasteiger partial charge in [0.25, 0.3) is 0 Å². The van der Waals surface area contributed by atoms with E-state index in [4.69, 9.17) is 0 Å². The second kappa shape index (κ2) is 7.71. The molecule has 0 aromatic heterocycles. The Kier molecular flexibility index (Phi) is 5.16. The molecule has 0 nitrogen and oxygen atoms in total. The lowest BCUT2D eigenvalue weighted by atomic mass is 9.81. The summed E-state index contributed by atoms with van der Waals surface area (Å²) in [5, 5.41) is 0. The minimum absolute atomic E-state index is 0.621. The van der Waals surface area contributed by atoms with Crippen molar-refractivity contribution >= 4 is 0 Å². The third-order valence-corrected chi connectivity index (χ3v) is 6.26. The standard InChI is InChI=1S/C26H30/c1-19-13-14-23-16-15-21-9-5-3-4-6-12-24(21)18-25(22-10-7-8-11-22)26(23)20(2)17-19/h4-5,9-10,15,18-20H,6-8,11-14,17H2,1-2H3. The lowest BCUT2D eigenvalue weighted by Gasteiger charge is -2.23. The van der Waals surface area contributed by atoms with Gasteiger partial charge in [-0.1, -0.05) is 26.0 Å². The quantitative estimate of drug-likeness (QED) is 0.438. The first kappa shape index (κ1) is 17.4. The second-order valence-electron chi connectivity index (χ2n) is 8.36. The fourth-order valence-electron chi connectivity index (χ4n) is 4.90. The van der Waals surface area contributed by atoms with E-state index in [0.717, 1.165) is 18.8 Å². The molecule has 0 saturated heterocycles. The van der Waals surface area contributed by atoms with Crippen molar-refractivity contribution in [1.82, 2.24) is 0 Å². The number of rotatable bonds is 1. The summed E-state index contributed by atoms with van der Waals surface area (Å²) in [6.07, 6.45) is 23.4. The smallest absolute Gasteiger partial charge is 0.00192 e. The fourth-order valence-corrected chi connectivity index (χ4v) is 4.90.